The first-order chi connectivity index (χ1) is 9.72. The molecule has 3 N–H and O–H groups in total. The average Bonchev–Trinajstić information content (AvgIpc) is 2.89. The lowest BCUT2D eigenvalue weighted by Gasteiger charge is -2.22. The van der Waals surface area contributed by atoms with Crippen LogP contribution in [0.2, 0.25) is 5.02 Å². The van der Waals surface area contributed by atoms with Gasteiger partial charge in [0.15, 0.2) is 0 Å². The molecule has 3 rings (SSSR count). The molecule has 2 aromatic rings. The van der Waals surface area contributed by atoms with Gasteiger partial charge in [0.1, 0.15) is 5.69 Å². The van der Waals surface area contributed by atoms with Gasteiger partial charge >= 0.3 is 0 Å². The van der Waals surface area contributed by atoms with Crippen LogP contribution in [0.15, 0.2) is 24.3 Å². The molecule has 0 radical (unpaired) electrons. The second kappa shape index (κ2) is 5.85. The molecule has 1 aliphatic rings. The summed E-state index contributed by atoms with van der Waals surface area (Å²) in [4.78, 5) is 15.3. The van der Waals surface area contributed by atoms with Crippen LogP contribution in [0.1, 0.15) is 23.3 Å². The molecule has 0 aliphatic carbocycles. The van der Waals surface area contributed by atoms with E-state index in [-0.39, 0.29) is 5.91 Å². The van der Waals surface area contributed by atoms with Gasteiger partial charge in [-0.15, -0.1) is 0 Å². The topological polar surface area (TPSA) is 56.9 Å². The highest BCUT2D eigenvalue weighted by atomic mass is 35.5. The summed E-state index contributed by atoms with van der Waals surface area (Å²) in [6.45, 7) is 2.80. The van der Waals surface area contributed by atoms with Gasteiger partial charge in [0, 0.05) is 22.5 Å². The van der Waals surface area contributed by atoms with E-state index in [9.17, 15) is 4.79 Å². The van der Waals surface area contributed by atoms with Crippen molar-refractivity contribution in [3.8, 4) is 0 Å². The summed E-state index contributed by atoms with van der Waals surface area (Å²) >= 11 is 5.95. The second-order valence-corrected chi connectivity index (χ2v) is 5.77. The number of aromatic nitrogens is 1. The van der Waals surface area contributed by atoms with E-state index < -0.39 is 0 Å². The standard InChI is InChI=1S/C15H18ClN3O/c16-12-3-4-13-11(6-12)7-14(19-13)15(20)18-9-10-2-1-5-17-8-10/h3-4,6-7,10,17,19H,1-2,5,8-9H2,(H,18,20). The third kappa shape index (κ3) is 2.97. The Bertz CT molecular complexity index is 617. The molecule has 0 spiro atoms. The van der Waals surface area contributed by atoms with E-state index in [1.807, 2.05) is 24.3 Å². The van der Waals surface area contributed by atoms with Crippen molar-refractivity contribution in [1.29, 1.82) is 0 Å². The number of amides is 1. The third-order valence-electron chi connectivity index (χ3n) is 3.78. The first-order valence-electron chi connectivity index (χ1n) is 6.99. The number of rotatable bonds is 3. The van der Waals surface area contributed by atoms with E-state index in [4.69, 9.17) is 11.6 Å². The molecule has 1 fully saturated rings. The fourth-order valence-corrected chi connectivity index (χ4v) is 2.84. The van der Waals surface area contributed by atoms with Crippen molar-refractivity contribution >= 4 is 28.4 Å². The number of benzene rings is 1. The maximum atomic E-state index is 12.1. The summed E-state index contributed by atoms with van der Waals surface area (Å²) in [5, 5.41) is 7.99. The fourth-order valence-electron chi connectivity index (χ4n) is 2.66. The number of fused-ring (bicyclic) bond motifs is 1. The van der Waals surface area contributed by atoms with Crippen molar-refractivity contribution in [3.05, 3.63) is 35.0 Å². The van der Waals surface area contributed by atoms with E-state index in [1.54, 1.807) is 0 Å². The summed E-state index contributed by atoms with van der Waals surface area (Å²) in [6.07, 6.45) is 2.36. The maximum Gasteiger partial charge on any atom is 0.267 e. The van der Waals surface area contributed by atoms with E-state index in [2.05, 4.69) is 15.6 Å². The SMILES string of the molecule is O=C(NCC1CCCNC1)c1cc2cc(Cl)ccc2[nH]1. The van der Waals surface area contributed by atoms with Gasteiger partial charge in [0.05, 0.1) is 0 Å². The van der Waals surface area contributed by atoms with Crippen LogP contribution >= 0.6 is 11.6 Å². The normalized spacial score (nSPS) is 19.1. The predicted molar refractivity (Wildman–Crippen MR) is 81.2 cm³/mol. The fraction of sp³-hybridized carbons (Fsp3) is 0.400. The Balaban J connectivity index is 1.65. The van der Waals surface area contributed by atoms with Gasteiger partial charge in [-0.1, -0.05) is 11.6 Å². The molecule has 0 saturated carbocycles. The summed E-state index contributed by atoms with van der Waals surface area (Å²) < 4.78 is 0. The Morgan fingerprint density at radius 3 is 3.10 bits per heavy atom. The Kier molecular flexibility index (Phi) is 3.94. The van der Waals surface area contributed by atoms with Crippen LogP contribution < -0.4 is 10.6 Å². The largest absolute Gasteiger partial charge is 0.351 e. The van der Waals surface area contributed by atoms with Crippen LogP contribution in [0.4, 0.5) is 0 Å². The molecule has 1 amide bonds. The zero-order valence-electron chi connectivity index (χ0n) is 11.2. The van der Waals surface area contributed by atoms with Gasteiger partial charge in [-0.05, 0) is 56.1 Å². The van der Waals surface area contributed by atoms with Crippen LogP contribution in [-0.2, 0) is 0 Å². The smallest absolute Gasteiger partial charge is 0.267 e. The third-order valence-corrected chi connectivity index (χ3v) is 4.01. The number of hydrogen-bond acceptors (Lipinski definition) is 2. The van der Waals surface area contributed by atoms with E-state index in [1.165, 1.54) is 12.8 Å². The van der Waals surface area contributed by atoms with Crippen molar-refractivity contribution in [2.75, 3.05) is 19.6 Å². The molecule has 1 saturated heterocycles. The Hall–Kier alpha value is -1.52. The number of halogens is 1. The molecule has 1 atom stereocenters. The van der Waals surface area contributed by atoms with Gasteiger partial charge in [-0.25, -0.2) is 0 Å². The van der Waals surface area contributed by atoms with Crippen molar-refractivity contribution < 1.29 is 4.79 Å². The minimum absolute atomic E-state index is 0.0529. The number of nitrogens with one attached hydrogen (secondary N) is 3. The zero-order chi connectivity index (χ0) is 13.9. The van der Waals surface area contributed by atoms with Crippen LogP contribution in [0.25, 0.3) is 10.9 Å². The molecule has 1 unspecified atom stereocenters. The van der Waals surface area contributed by atoms with E-state index in [0.29, 0.717) is 16.6 Å². The van der Waals surface area contributed by atoms with E-state index in [0.717, 1.165) is 30.5 Å². The zero-order valence-corrected chi connectivity index (χ0v) is 12.0. The molecule has 2 heterocycles. The molecule has 0 bridgehead atoms. The Labute approximate surface area is 122 Å². The number of H-pyrrole nitrogens is 1. The molecule has 1 aliphatic heterocycles. The number of piperidine rings is 1. The highest BCUT2D eigenvalue weighted by molar-refractivity contribution is 6.31. The number of hydrogen-bond donors (Lipinski definition) is 3. The monoisotopic (exact) mass is 291 g/mol. The first kappa shape index (κ1) is 13.5. The Morgan fingerprint density at radius 2 is 2.30 bits per heavy atom. The first-order valence-corrected chi connectivity index (χ1v) is 7.37. The van der Waals surface area contributed by atoms with Crippen molar-refractivity contribution in [3.63, 3.8) is 0 Å². The second-order valence-electron chi connectivity index (χ2n) is 5.34. The van der Waals surface area contributed by atoms with Crippen molar-refractivity contribution in [2.24, 2.45) is 5.92 Å². The molecular weight excluding hydrogens is 274 g/mol. The number of aromatic amines is 1. The van der Waals surface area contributed by atoms with Gasteiger partial charge in [0.2, 0.25) is 0 Å². The van der Waals surface area contributed by atoms with Crippen molar-refractivity contribution in [2.45, 2.75) is 12.8 Å². The molecule has 1 aromatic heterocycles. The minimum atomic E-state index is -0.0529. The lowest BCUT2D eigenvalue weighted by atomic mass is 10.00. The number of carbonyl (C=O) groups excluding carboxylic acids is 1. The average molecular weight is 292 g/mol. The van der Waals surface area contributed by atoms with Crippen molar-refractivity contribution in [1.82, 2.24) is 15.6 Å². The summed E-state index contributed by atoms with van der Waals surface area (Å²) in [6, 6.07) is 7.40. The summed E-state index contributed by atoms with van der Waals surface area (Å²) in [5.41, 5.74) is 1.52. The maximum absolute atomic E-state index is 12.1. The highest BCUT2D eigenvalue weighted by Crippen LogP contribution is 2.20. The van der Waals surface area contributed by atoms with Gasteiger partial charge in [-0.3, -0.25) is 4.79 Å². The lowest BCUT2D eigenvalue weighted by molar-refractivity contribution is 0.0940. The quantitative estimate of drug-likeness (QED) is 0.814. The van der Waals surface area contributed by atoms with Crippen LogP contribution in [0.3, 0.4) is 0 Å². The lowest BCUT2D eigenvalue weighted by Crippen LogP contribution is -2.38. The molecular formula is C15H18ClN3O. The van der Waals surface area contributed by atoms with E-state index >= 15 is 0 Å². The molecule has 1 aromatic carbocycles. The molecule has 4 nitrogen and oxygen atoms in total. The summed E-state index contributed by atoms with van der Waals surface area (Å²) in [7, 11) is 0. The van der Waals surface area contributed by atoms with Crippen LogP contribution in [0, 0.1) is 5.92 Å². The van der Waals surface area contributed by atoms with Crippen LogP contribution in [0.5, 0.6) is 0 Å². The predicted octanol–water partition coefficient (Wildman–Crippen LogP) is 2.55. The molecule has 20 heavy (non-hydrogen) atoms. The van der Waals surface area contributed by atoms with Gasteiger partial charge in [-0.2, -0.15) is 0 Å². The van der Waals surface area contributed by atoms with Crippen LogP contribution in [-0.4, -0.2) is 30.5 Å². The summed E-state index contributed by atoms with van der Waals surface area (Å²) in [5.74, 6) is 0.481. The highest BCUT2D eigenvalue weighted by Gasteiger charge is 2.15. The Morgan fingerprint density at radius 1 is 1.40 bits per heavy atom. The number of carbonyl (C=O) groups is 1. The van der Waals surface area contributed by atoms with Gasteiger partial charge < -0.3 is 15.6 Å². The molecule has 106 valence electrons. The van der Waals surface area contributed by atoms with Gasteiger partial charge in [0.25, 0.3) is 5.91 Å². The molecule has 5 heteroatoms. The minimum Gasteiger partial charge on any atom is -0.351 e.